The minimum absolute atomic E-state index is 0.0347. The molecule has 2 amide bonds. The zero-order valence-corrected chi connectivity index (χ0v) is 16.3. The third-order valence-electron chi connectivity index (χ3n) is 5.72. The van der Waals surface area contributed by atoms with Gasteiger partial charge in [0, 0.05) is 31.2 Å². The van der Waals surface area contributed by atoms with Crippen molar-refractivity contribution in [1.82, 2.24) is 10.2 Å². The predicted molar refractivity (Wildman–Crippen MR) is 110 cm³/mol. The molecule has 2 aliphatic heterocycles. The largest absolute Gasteiger partial charge is 0.364 e. The highest BCUT2D eigenvalue weighted by atomic mass is 19.1. The predicted octanol–water partition coefficient (Wildman–Crippen LogP) is 3.46. The van der Waals surface area contributed by atoms with Crippen molar-refractivity contribution in [3.63, 3.8) is 0 Å². The van der Waals surface area contributed by atoms with Gasteiger partial charge in [0.2, 0.25) is 0 Å². The van der Waals surface area contributed by atoms with E-state index in [1.165, 1.54) is 6.07 Å². The van der Waals surface area contributed by atoms with Crippen LogP contribution in [0.3, 0.4) is 0 Å². The minimum atomic E-state index is -0.192. The van der Waals surface area contributed by atoms with Crippen molar-refractivity contribution in [2.24, 2.45) is 0 Å². The number of amides is 2. The van der Waals surface area contributed by atoms with Crippen LogP contribution in [0.15, 0.2) is 48.5 Å². The lowest BCUT2D eigenvalue weighted by atomic mass is 10.1. The van der Waals surface area contributed by atoms with Crippen LogP contribution in [-0.4, -0.2) is 50.2 Å². The van der Waals surface area contributed by atoms with Gasteiger partial charge in [-0.25, -0.2) is 9.18 Å². The Morgan fingerprint density at radius 1 is 1.00 bits per heavy atom. The highest BCUT2D eigenvalue weighted by Crippen LogP contribution is 2.34. The number of halogens is 1. The molecule has 0 saturated carbocycles. The average molecular weight is 382 g/mol. The second-order valence-electron chi connectivity index (χ2n) is 7.68. The van der Waals surface area contributed by atoms with E-state index < -0.39 is 0 Å². The number of para-hydroxylation sites is 2. The molecule has 4 rings (SSSR count). The van der Waals surface area contributed by atoms with Crippen LogP contribution in [-0.2, 0) is 6.54 Å². The number of hydrogen-bond donors (Lipinski definition) is 1. The minimum Gasteiger partial charge on any atom is -0.364 e. The summed E-state index contributed by atoms with van der Waals surface area (Å²) >= 11 is 0. The fourth-order valence-corrected chi connectivity index (χ4v) is 4.03. The van der Waals surface area contributed by atoms with Crippen LogP contribution >= 0.6 is 0 Å². The molecule has 2 aromatic rings. The molecule has 2 aliphatic rings. The topological polar surface area (TPSA) is 38.8 Å². The van der Waals surface area contributed by atoms with Crippen LogP contribution in [0.1, 0.15) is 18.4 Å². The van der Waals surface area contributed by atoms with Crippen LogP contribution in [0.2, 0.25) is 0 Å². The second-order valence-corrected chi connectivity index (χ2v) is 7.68. The third-order valence-corrected chi connectivity index (χ3v) is 5.72. The van der Waals surface area contributed by atoms with Gasteiger partial charge < -0.3 is 15.1 Å². The van der Waals surface area contributed by atoms with Gasteiger partial charge in [0.15, 0.2) is 0 Å². The molecule has 0 bridgehead atoms. The van der Waals surface area contributed by atoms with Gasteiger partial charge in [-0.1, -0.05) is 30.3 Å². The van der Waals surface area contributed by atoms with E-state index in [-0.39, 0.29) is 17.9 Å². The highest BCUT2D eigenvalue weighted by molar-refractivity contribution is 5.97. The molecule has 1 saturated heterocycles. The number of piperidine rings is 1. The maximum Gasteiger partial charge on any atom is 0.322 e. The number of benzene rings is 2. The molecule has 0 radical (unpaired) electrons. The van der Waals surface area contributed by atoms with Crippen molar-refractivity contribution in [2.75, 3.05) is 43.0 Å². The first-order chi connectivity index (χ1) is 13.6. The summed E-state index contributed by atoms with van der Waals surface area (Å²) in [5.74, 6) is -0.192. The van der Waals surface area contributed by atoms with Crippen molar-refractivity contribution in [3.05, 3.63) is 59.9 Å². The van der Waals surface area contributed by atoms with E-state index in [0.717, 1.165) is 37.3 Å². The maximum atomic E-state index is 14.1. The number of hydrogen-bond acceptors (Lipinski definition) is 3. The number of fused-ring (bicyclic) bond motifs is 1. The van der Waals surface area contributed by atoms with E-state index in [1.807, 2.05) is 41.3 Å². The average Bonchev–Trinajstić information content (AvgIpc) is 2.71. The number of nitrogens with one attached hydrogen (secondary N) is 1. The molecule has 148 valence electrons. The smallest absolute Gasteiger partial charge is 0.322 e. The fourth-order valence-electron chi connectivity index (χ4n) is 4.03. The first-order valence-corrected chi connectivity index (χ1v) is 9.96. The van der Waals surface area contributed by atoms with Crippen molar-refractivity contribution >= 4 is 17.4 Å². The lowest BCUT2D eigenvalue weighted by Crippen LogP contribution is -2.52. The quantitative estimate of drug-likeness (QED) is 0.884. The number of urea groups is 1. The molecule has 6 heteroatoms. The Labute approximate surface area is 165 Å². The van der Waals surface area contributed by atoms with E-state index in [2.05, 4.69) is 22.2 Å². The van der Waals surface area contributed by atoms with Gasteiger partial charge in [0.25, 0.3) is 0 Å². The van der Waals surface area contributed by atoms with E-state index in [1.54, 1.807) is 6.07 Å². The second kappa shape index (κ2) is 8.19. The van der Waals surface area contributed by atoms with Gasteiger partial charge in [0.1, 0.15) is 5.82 Å². The van der Waals surface area contributed by atoms with Gasteiger partial charge in [0.05, 0.1) is 11.4 Å². The number of anilines is 2. The Morgan fingerprint density at radius 3 is 2.43 bits per heavy atom. The number of carbonyl (C=O) groups excluding carboxylic acids is 1. The summed E-state index contributed by atoms with van der Waals surface area (Å²) in [5, 5.41) is 3.21. The van der Waals surface area contributed by atoms with Crippen LogP contribution in [0.5, 0.6) is 0 Å². The van der Waals surface area contributed by atoms with Crippen LogP contribution in [0.4, 0.5) is 20.6 Å². The number of likely N-dealkylation sites (tertiary alicyclic amines) is 1. The Morgan fingerprint density at radius 2 is 1.68 bits per heavy atom. The van der Waals surface area contributed by atoms with Crippen molar-refractivity contribution in [1.29, 1.82) is 0 Å². The molecule has 1 N–H and O–H groups in total. The molecular formula is C22H27FN4O. The Balaban J connectivity index is 1.49. The van der Waals surface area contributed by atoms with Crippen LogP contribution < -0.4 is 15.1 Å². The first-order valence-electron chi connectivity index (χ1n) is 9.96. The molecule has 0 aliphatic carbocycles. The van der Waals surface area contributed by atoms with E-state index in [9.17, 15) is 9.18 Å². The van der Waals surface area contributed by atoms with Gasteiger partial charge in [-0.05, 0) is 51.2 Å². The molecule has 2 heterocycles. The van der Waals surface area contributed by atoms with E-state index >= 15 is 0 Å². The van der Waals surface area contributed by atoms with Gasteiger partial charge in [-0.15, -0.1) is 0 Å². The molecule has 0 atom stereocenters. The lowest BCUT2D eigenvalue weighted by Gasteiger charge is -2.39. The zero-order valence-electron chi connectivity index (χ0n) is 16.3. The van der Waals surface area contributed by atoms with E-state index in [0.29, 0.717) is 25.2 Å². The third kappa shape index (κ3) is 3.97. The fraction of sp³-hybridized carbons (Fsp3) is 0.409. The molecule has 0 spiro atoms. The highest BCUT2D eigenvalue weighted by Gasteiger charge is 2.28. The number of rotatable bonds is 3. The molecule has 2 aromatic carbocycles. The summed E-state index contributed by atoms with van der Waals surface area (Å²) in [4.78, 5) is 19.2. The molecule has 28 heavy (non-hydrogen) atoms. The zero-order chi connectivity index (χ0) is 19.5. The van der Waals surface area contributed by atoms with Gasteiger partial charge in [-0.3, -0.25) is 4.90 Å². The summed E-state index contributed by atoms with van der Waals surface area (Å²) in [6, 6.07) is 15.0. The van der Waals surface area contributed by atoms with Gasteiger partial charge in [-0.2, -0.15) is 0 Å². The molecule has 0 aromatic heterocycles. The summed E-state index contributed by atoms with van der Waals surface area (Å²) < 4.78 is 14.1. The summed E-state index contributed by atoms with van der Waals surface area (Å²) in [6.07, 6.45) is 1.97. The standard InChI is InChI=1S/C22H27FN4O/c1-25-12-10-18(11-13-25)24-22(28)27-15-14-26(20-8-4-5-9-21(20)27)16-17-6-2-3-7-19(17)23/h2-9,18H,10-16H2,1H3,(H,24,28). The monoisotopic (exact) mass is 382 g/mol. The van der Waals surface area contributed by atoms with Crippen molar-refractivity contribution in [3.8, 4) is 0 Å². The maximum absolute atomic E-state index is 14.1. The number of nitrogens with zero attached hydrogens (tertiary/aromatic N) is 3. The Hall–Kier alpha value is -2.60. The van der Waals surface area contributed by atoms with E-state index in [4.69, 9.17) is 0 Å². The molecule has 1 fully saturated rings. The van der Waals surface area contributed by atoms with Crippen LogP contribution in [0, 0.1) is 5.82 Å². The molecule has 5 nitrogen and oxygen atoms in total. The van der Waals surface area contributed by atoms with Crippen molar-refractivity contribution < 1.29 is 9.18 Å². The SMILES string of the molecule is CN1CCC(NC(=O)N2CCN(Cc3ccccc3F)c3ccccc32)CC1. The Kier molecular flexibility index (Phi) is 5.48. The molecular weight excluding hydrogens is 355 g/mol. The Bertz CT molecular complexity index is 835. The summed E-state index contributed by atoms with van der Waals surface area (Å²) in [6.45, 7) is 3.78. The normalized spacial score (nSPS) is 18.1. The molecule has 0 unspecified atom stereocenters. The summed E-state index contributed by atoms with van der Waals surface area (Å²) in [7, 11) is 2.11. The van der Waals surface area contributed by atoms with Crippen molar-refractivity contribution in [2.45, 2.75) is 25.4 Å². The first kappa shape index (κ1) is 18.7. The van der Waals surface area contributed by atoms with Crippen LogP contribution in [0.25, 0.3) is 0 Å². The number of carbonyl (C=O) groups is 1. The van der Waals surface area contributed by atoms with Gasteiger partial charge >= 0.3 is 6.03 Å². The lowest BCUT2D eigenvalue weighted by molar-refractivity contribution is 0.217. The summed E-state index contributed by atoms with van der Waals surface area (Å²) in [5.41, 5.74) is 2.52.